The van der Waals surface area contributed by atoms with E-state index in [1.165, 1.54) is 0 Å². The fraction of sp³-hybridized carbons (Fsp3) is 0.833. The summed E-state index contributed by atoms with van der Waals surface area (Å²) in [6, 6.07) is 0.378. The van der Waals surface area contributed by atoms with Gasteiger partial charge in [0.2, 0.25) is 0 Å². The first kappa shape index (κ1) is 6.71. The van der Waals surface area contributed by atoms with Crippen molar-refractivity contribution in [2.24, 2.45) is 10.8 Å². The van der Waals surface area contributed by atoms with Gasteiger partial charge in [-0.1, -0.05) is 0 Å². The molecule has 0 aliphatic carbocycles. The third kappa shape index (κ3) is 1.77. The van der Waals surface area contributed by atoms with Crippen molar-refractivity contribution in [1.82, 2.24) is 5.01 Å². The Morgan fingerprint density at radius 3 is 2.89 bits per heavy atom. The summed E-state index contributed by atoms with van der Waals surface area (Å²) in [5.41, 5.74) is 0. The molecular formula is C6H13N3. The number of hydrogen-bond acceptors (Lipinski definition) is 3. The average Bonchev–Trinajstić information content (AvgIpc) is 1.88. The van der Waals surface area contributed by atoms with Crippen LogP contribution in [0.1, 0.15) is 12.8 Å². The molecular weight excluding hydrogens is 114 g/mol. The second-order valence-electron chi connectivity index (χ2n) is 2.47. The van der Waals surface area contributed by atoms with Gasteiger partial charge in [0.1, 0.15) is 0 Å². The third-order valence-corrected chi connectivity index (χ3v) is 1.69. The summed E-state index contributed by atoms with van der Waals surface area (Å²) in [6.07, 6.45) is 2.30. The lowest BCUT2D eigenvalue weighted by Crippen LogP contribution is -2.41. The Kier molecular flexibility index (Phi) is 2.19. The third-order valence-electron chi connectivity index (χ3n) is 1.69. The largest absolute Gasteiger partial charge is 0.296 e. The van der Waals surface area contributed by atoms with E-state index in [1.54, 1.807) is 0 Å². The summed E-state index contributed by atoms with van der Waals surface area (Å²) >= 11 is 0. The Bertz CT molecular complexity index is 102. The van der Waals surface area contributed by atoms with Crippen LogP contribution < -0.4 is 5.84 Å². The van der Waals surface area contributed by atoms with Gasteiger partial charge in [-0.25, -0.2) is 5.01 Å². The molecule has 52 valence electrons. The maximum absolute atomic E-state index is 5.55. The predicted octanol–water partition coefficient (Wildman–Crippen LogP) is 0.0251. The Balaban J connectivity index is 2.31. The standard InChI is InChI=1S/C6H13N3/c1-8-6-3-2-4-9(7)5-6/h6H,1-5,7H2. The molecule has 0 aromatic carbocycles. The molecule has 1 heterocycles. The van der Waals surface area contributed by atoms with Crippen molar-refractivity contribution in [1.29, 1.82) is 0 Å². The molecule has 1 aliphatic heterocycles. The minimum absolute atomic E-state index is 0.378. The van der Waals surface area contributed by atoms with E-state index >= 15 is 0 Å². The molecule has 0 saturated carbocycles. The van der Waals surface area contributed by atoms with Gasteiger partial charge in [0, 0.05) is 13.1 Å². The van der Waals surface area contributed by atoms with Crippen LogP contribution in [0, 0.1) is 0 Å². The number of hydrogen-bond donors (Lipinski definition) is 1. The normalized spacial score (nSPS) is 30.1. The molecule has 0 bridgehead atoms. The highest BCUT2D eigenvalue weighted by molar-refractivity contribution is 5.24. The smallest absolute Gasteiger partial charge is 0.0633 e. The highest BCUT2D eigenvalue weighted by Crippen LogP contribution is 2.08. The molecule has 1 saturated heterocycles. The highest BCUT2D eigenvalue weighted by Gasteiger charge is 2.14. The van der Waals surface area contributed by atoms with E-state index in [0.717, 1.165) is 25.9 Å². The fourth-order valence-electron chi connectivity index (χ4n) is 1.13. The maximum atomic E-state index is 5.55. The fourth-order valence-corrected chi connectivity index (χ4v) is 1.13. The molecule has 1 fully saturated rings. The number of rotatable bonds is 1. The molecule has 0 aromatic heterocycles. The van der Waals surface area contributed by atoms with Crippen molar-refractivity contribution in [2.45, 2.75) is 18.9 Å². The molecule has 3 heteroatoms. The number of hydrazine groups is 1. The van der Waals surface area contributed by atoms with Crippen LogP contribution in [-0.2, 0) is 0 Å². The molecule has 1 unspecified atom stereocenters. The molecule has 0 aromatic rings. The van der Waals surface area contributed by atoms with Crippen molar-refractivity contribution in [3.8, 4) is 0 Å². The van der Waals surface area contributed by atoms with Crippen LogP contribution in [0.25, 0.3) is 0 Å². The van der Waals surface area contributed by atoms with Gasteiger partial charge in [-0.05, 0) is 19.6 Å². The Morgan fingerprint density at radius 2 is 2.44 bits per heavy atom. The van der Waals surface area contributed by atoms with E-state index in [2.05, 4.69) is 11.7 Å². The quantitative estimate of drug-likeness (QED) is 0.398. The van der Waals surface area contributed by atoms with Crippen molar-refractivity contribution in [3.05, 3.63) is 0 Å². The maximum Gasteiger partial charge on any atom is 0.0633 e. The van der Waals surface area contributed by atoms with Gasteiger partial charge >= 0.3 is 0 Å². The van der Waals surface area contributed by atoms with E-state index in [9.17, 15) is 0 Å². The van der Waals surface area contributed by atoms with Crippen molar-refractivity contribution in [2.75, 3.05) is 13.1 Å². The number of aliphatic imine (C=N–C) groups is 1. The number of nitrogens with two attached hydrogens (primary N) is 1. The first-order valence-corrected chi connectivity index (χ1v) is 3.28. The first-order chi connectivity index (χ1) is 4.33. The zero-order valence-electron chi connectivity index (χ0n) is 5.58. The Hall–Kier alpha value is -0.410. The van der Waals surface area contributed by atoms with Gasteiger partial charge < -0.3 is 0 Å². The Morgan fingerprint density at radius 1 is 1.67 bits per heavy atom. The lowest BCUT2D eigenvalue weighted by atomic mass is 10.1. The monoisotopic (exact) mass is 127 g/mol. The molecule has 1 aliphatic rings. The minimum atomic E-state index is 0.378. The zero-order chi connectivity index (χ0) is 6.69. The van der Waals surface area contributed by atoms with Gasteiger partial charge in [0.05, 0.1) is 6.04 Å². The second kappa shape index (κ2) is 2.94. The SMILES string of the molecule is C=NC1CCCN(N)C1. The summed E-state index contributed by atoms with van der Waals surface area (Å²) in [7, 11) is 0. The molecule has 1 atom stereocenters. The number of piperidine rings is 1. The molecule has 0 amide bonds. The van der Waals surface area contributed by atoms with Crippen LogP contribution >= 0.6 is 0 Å². The van der Waals surface area contributed by atoms with Crippen LogP contribution in [0.2, 0.25) is 0 Å². The molecule has 0 spiro atoms. The first-order valence-electron chi connectivity index (χ1n) is 3.28. The average molecular weight is 127 g/mol. The van der Waals surface area contributed by atoms with Crippen LogP contribution in [-0.4, -0.2) is 30.9 Å². The van der Waals surface area contributed by atoms with E-state index in [1.807, 2.05) is 5.01 Å². The van der Waals surface area contributed by atoms with Gasteiger partial charge in [-0.15, -0.1) is 0 Å². The summed E-state index contributed by atoms with van der Waals surface area (Å²) in [6.45, 7) is 5.37. The summed E-state index contributed by atoms with van der Waals surface area (Å²) in [4.78, 5) is 3.93. The lowest BCUT2D eigenvalue weighted by molar-refractivity contribution is 0.215. The summed E-state index contributed by atoms with van der Waals surface area (Å²) in [5.74, 6) is 5.55. The topological polar surface area (TPSA) is 41.6 Å². The Labute approximate surface area is 55.5 Å². The zero-order valence-corrected chi connectivity index (χ0v) is 5.58. The highest BCUT2D eigenvalue weighted by atomic mass is 15.4. The molecule has 2 N–H and O–H groups in total. The van der Waals surface area contributed by atoms with Crippen molar-refractivity contribution >= 4 is 6.72 Å². The van der Waals surface area contributed by atoms with Gasteiger partial charge in [0.15, 0.2) is 0 Å². The summed E-state index contributed by atoms with van der Waals surface area (Å²) < 4.78 is 0. The van der Waals surface area contributed by atoms with Crippen LogP contribution in [0.4, 0.5) is 0 Å². The molecule has 9 heavy (non-hydrogen) atoms. The number of nitrogens with zero attached hydrogens (tertiary/aromatic N) is 2. The minimum Gasteiger partial charge on any atom is -0.296 e. The van der Waals surface area contributed by atoms with E-state index in [-0.39, 0.29) is 0 Å². The van der Waals surface area contributed by atoms with Crippen molar-refractivity contribution in [3.63, 3.8) is 0 Å². The van der Waals surface area contributed by atoms with Crippen molar-refractivity contribution < 1.29 is 0 Å². The van der Waals surface area contributed by atoms with E-state index in [0.29, 0.717) is 6.04 Å². The summed E-state index contributed by atoms with van der Waals surface area (Å²) in [5, 5.41) is 1.81. The van der Waals surface area contributed by atoms with Crippen LogP contribution in [0.3, 0.4) is 0 Å². The van der Waals surface area contributed by atoms with Gasteiger partial charge in [-0.3, -0.25) is 10.8 Å². The van der Waals surface area contributed by atoms with E-state index < -0.39 is 0 Å². The predicted molar refractivity (Wildman–Crippen MR) is 38.3 cm³/mol. The molecule has 1 rings (SSSR count). The van der Waals surface area contributed by atoms with Crippen LogP contribution in [0.5, 0.6) is 0 Å². The van der Waals surface area contributed by atoms with Gasteiger partial charge in [0.25, 0.3) is 0 Å². The molecule has 3 nitrogen and oxygen atoms in total. The van der Waals surface area contributed by atoms with Gasteiger partial charge in [-0.2, -0.15) is 0 Å². The van der Waals surface area contributed by atoms with Crippen LogP contribution in [0.15, 0.2) is 4.99 Å². The molecule has 0 radical (unpaired) electrons. The van der Waals surface area contributed by atoms with E-state index in [4.69, 9.17) is 5.84 Å². The lowest BCUT2D eigenvalue weighted by Gasteiger charge is -2.25. The second-order valence-corrected chi connectivity index (χ2v) is 2.47.